The molecular weight excluding hydrogens is 398 g/mol. The molecule has 1 unspecified atom stereocenters. The number of nitrogens with one attached hydrogen (secondary N) is 1. The second-order valence-corrected chi connectivity index (χ2v) is 9.53. The van der Waals surface area contributed by atoms with E-state index in [1.165, 1.54) is 63.4 Å². The molecule has 1 N–H and O–H groups in total. The van der Waals surface area contributed by atoms with Gasteiger partial charge in [0.25, 0.3) is 0 Å². The molecule has 0 spiro atoms. The van der Waals surface area contributed by atoms with Crippen LogP contribution >= 0.6 is 0 Å². The van der Waals surface area contributed by atoms with Gasteiger partial charge >= 0.3 is 0 Å². The Labute approximate surface area is 196 Å². The van der Waals surface area contributed by atoms with Gasteiger partial charge in [0.15, 0.2) is 0 Å². The molecule has 0 saturated heterocycles. The van der Waals surface area contributed by atoms with Crippen molar-refractivity contribution in [3.05, 3.63) is 119 Å². The van der Waals surface area contributed by atoms with E-state index in [-0.39, 0.29) is 5.92 Å². The highest BCUT2D eigenvalue weighted by Crippen LogP contribution is 2.48. The van der Waals surface area contributed by atoms with Gasteiger partial charge in [0.1, 0.15) is 0 Å². The second kappa shape index (κ2) is 8.48. The lowest BCUT2D eigenvalue weighted by Gasteiger charge is -2.28. The van der Waals surface area contributed by atoms with Crippen LogP contribution in [0.4, 0.5) is 0 Å². The smallest absolute Gasteiger partial charge is 0.0426 e. The largest absolute Gasteiger partial charge is 0.304 e. The van der Waals surface area contributed by atoms with Gasteiger partial charge < -0.3 is 5.41 Å². The van der Waals surface area contributed by atoms with Crippen LogP contribution in [-0.4, -0.2) is 5.71 Å². The summed E-state index contributed by atoms with van der Waals surface area (Å²) in [5, 5.41) is 11.9. The Balaban J connectivity index is 1.59. The maximum Gasteiger partial charge on any atom is 0.0426 e. The Morgan fingerprint density at radius 3 is 2.24 bits per heavy atom. The normalized spacial score (nSPS) is 18.2. The molecule has 0 heterocycles. The highest BCUT2D eigenvalue weighted by Gasteiger charge is 2.32. The molecule has 162 valence electrons. The second-order valence-electron chi connectivity index (χ2n) is 9.53. The summed E-state index contributed by atoms with van der Waals surface area (Å²) >= 11 is 0. The van der Waals surface area contributed by atoms with Crippen LogP contribution in [0.3, 0.4) is 0 Å². The van der Waals surface area contributed by atoms with E-state index in [9.17, 15) is 5.41 Å². The molecule has 1 nitrogen and oxygen atoms in total. The molecule has 1 saturated carbocycles. The fraction of sp³-hybridized carbons (Fsp3) is 0.219. The third-order valence-electron chi connectivity index (χ3n) is 7.59. The molecule has 0 bridgehead atoms. The number of hydrogen-bond acceptors (Lipinski definition) is 1. The summed E-state index contributed by atoms with van der Waals surface area (Å²) < 4.78 is 0. The third kappa shape index (κ3) is 3.53. The maximum absolute atomic E-state index is 9.45. The summed E-state index contributed by atoms with van der Waals surface area (Å²) in [6, 6.07) is 32.8. The summed E-state index contributed by atoms with van der Waals surface area (Å²) in [5.74, 6) is 0.510. The molecule has 33 heavy (non-hydrogen) atoms. The van der Waals surface area contributed by atoms with Crippen molar-refractivity contribution < 1.29 is 0 Å². The molecular formula is C32H29N. The zero-order valence-electron chi connectivity index (χ0n) is 18.9. The van der Waals surface area contributed by atoms with Gasteiger partial charge in [0.05, 0.1) is 0 Å². The summed E-state index contributed by atoms with van der Waals surface area (Å²) in [6.45, 7) is 0. The Morgan fingerprint density at radius 2 is 1.39 bits per heavy atom. The minimum absolute atomic E-state index is 0.146. The van der Waals surface area contributed by atoms with E-state index in [2.05, 4.69) is 97.1 Å². The molecule has 4 aromatic rings. The quantitative estimate of drug-likeness (QED) is 0.316. The van der Waals surface area contributed by atoms with Crippen molar-refractivity contribution in [1.29, 1.82) is 5.41 Å². The van der Waals surface area contributed by atoms with Crippen LogP contribution in [0.1, 0.15) is 65.8 Å². The summed E-state index contributed by atoms with van der Waals surface area (Å²) in [7, 11) is 0. The first-order chi connectivity index (χ1) is 16.3. The lowest BCUT2D eigenvalue weighted by atomic mass is 9.76. The van der Waals surface area contributed by atoms with Crippen molar-refractivity contribution in [3.63, 3.8) is 0 Å². The monoisotopic (exact) mass is 427 g/mol. The third-order valence-corrected chi connectivity index (χ3v) is 7.59. The first kappa shape index (κ1) is 20.2. The molecule has 2 aliphatic carbocycles. The molecule has 0 amide bonds. The Kier molecular flexibility index (Phi) is 5.19. The van der Waals surface area contributed by atoms with E-state index in [0.29, 0.717) is 5.92 Å². The Morgan fingerprint density at radius 1 is 0.667 bits per heavy atom. The maximum atomic E-state index is 9.45. The van der Waals surface area contributed by atoms with E-state index >= 15 is 0 Å². The highest BCUT2D eigenvalue weighted by atomic mass is 14.5. The fourth-order valence-electron chi connectivity index (χ4n) is 5.96. The van der Waals surface area contributed by atoms with E-state index in [4.69, 9.17) is 0 Å². The van der Waals surface area contributed by atoms with Crippen molar-refractivity contribution in [1.82, 2.24) is 0 Å². The van der Waals surface area contributed by atoms with Crippen LogP contribution in [0, 0.1) is 11.3 Å². The first-order valence-corrected chi connectivity index (χ1v) is 12.3. The van der Waals surface area contributed by atoms with Crippen LogP contribution < -0.4 is 0 Å². The SMILES string of the molecule is N=C(c1c(C2C(c3ccccc3)=Cc3ccccc32)ccc2ccccc12)C1CCCCC1. The molecule has 1 heteroatoms. The summed E-state index contributed by atoms with van der Waals surface area (Å²) in [6.07, 6.45) is 8.44. The fourth-order valence-corrected chi connectivity index (χ4v) is 5.96. The number of allylic oxidation sites excluding steroid dienone is 1. The topological polar surface area (TPSA) is 23.9 Å². The number of fused-ring (bicyclic) bond motifs is 2. The van der Waals surface area contributed by atoms with Crippen LogP contribution in [0.5, 0.6) is 0 Å². The van der Waals surface area contributed by atoms with Crippen LogP contribution in [0.2, 0.25) is 0 Å². The average molecular weight is 428 g/mol. The average Bonchev–Trinajstić information content (AvgIpc) is 3.28. The van der Waals surface area contributed by atoms with E-state index < -0.39 is 0 Å². The Bertz CT molecular complexity index is 1360. The summed E-state index contributed by atoms with van der Waals surface area (Å²) in [5.41, 5.74) is 8.55. The van der Waals surface area contributed by atoms with Crippen molar-refractivity contribution >= 4 is 28.1 Å². The zero-order valence-corrected chi connectivity index (χ0v) is 18.9. The van der Waals surface area contributed by atoms with Crippen molar-refractivity contribution in [3.8, 4) is 0 Å². The van der Waals surface area contributed by atoms with Crippen LogP contribution in [0.25, 0.3) is 22.4 Å². The van der Waals surface area contributed by atoms with Gasteiger partial charge in [-0.05, 0) is 57.5 Å². The van der Waals surface area contributed by atoms with Gasteiger partial charge in [0, 0.05) is 23.1 Å². The van der Waals surface area contributed by atoms with E-state index in [1.54, 1.807) is 0 Å². The van der Waals surface area contributed by atoms with Gasteiger partial charge in [-0.3, -0.25) is 0 Å². The summed E-state index contributed by atoms with van der Waals surface area (Å²) in [4.78, 5) is 0. The molecule has 6 rings (SSSR count). The van der Waals surface area contributed by atoms with Gasteiger partial charge in [-0.15, -0.1) is 0 Å². The van der Waals surface area contributed by atoms with Crippen molar-refractivity contribution in [2.75, 3.05) is 0 Å². The molecule has 1 atom stereocenters. The number of rotatable bonds is 4. The predicted molar refractivity (Wildman–Crippen MR) is 140 cm³/mol. The standard InChI is InChI=1S/C32H29N/c33-32(24-14-5-2-6-15-24)31-26-17-9-7-13-23(26)19-20-28(31)30-27-18-10-8-16-25(27)21-29(30)22-11-3-1-4-12-22/h1,3-4,7-13,16-21,24,30,33H,2,5-6,14-15H2. The van der Waals surface area contributed by atoms with Crippen molar-refractivity contribution in [2.24, 2.45) is 5.92 Å². The van der Waals surface area contributed by atoms with Gasteiger partial charge in [-0.1, -0.05) is 110 Å². The van der Waals surface area contributed by atoms with Gasteiger partial charge in [0.2, 0.25) is 0 Å². The molecule has 1 fully saturated rings. The molecule has 0 aliphatic heterocycles. The number of benzene rings is 4. The molecule has 4 aromatic carbocycles. The lowest BCUT2D eigenvalue weighted by molar-refractivity contribution is 0.438. The lowest BCUT2D eigenvalue weighted by Crippen LogP contribution is -2.21. The first-order valence-electron chi connectivity index (χ1n) is 12.3. The van der Waals surface area contributed by atoms with Gasteiger partial charge in [-0.25, -0.2) is 0 Å². The van der Waals surface area contributed by atoms with E-state index in [1.807, 2.05) is 0 Å². The molecule has 0 aromatic heterocycles. The highest BCUT2D eigenvalue weighted by molar-refractivity contribution is 6.13. The Hall–Kier alpha value is -3.45. The van der Waals surface area contributed by atoms with Crippen LogP contribution in [-0.2, 0) is 0 Å². The minimum atomic E-state index is 0.146. The zero-order chi connectivity index (χ0) is 22.2. The molecule has 0 radical (unpaired) electrons. The van der Waals surface area contributed by atoms with Crippen LogP contribution in [0.15, 0.2) is 91.0 Å². The van der Waals surface area contributed by atoms with Crippen molar-refractivity contribution in [2.45, 2.75) is 38.0 Å². The van der Waals surface area contributed by atoms with Gasteiger partial charge in [-0.2, -0.15) is 0 Å². The minimum Gasteiger partial charge on any atom is -0.304 e. The predicted octanol–water partition coefficient (Wildman–Crippen LogP) is 8.47. The van der Waals surface area contributed by atoms with E-state index in [0.717, 1.165) is 18.6 Å². The number of hydrogen-bond donors (Lipinski definition) is 1. The molecule has 2 aliphatic rings.